The molecule has 5 heteroatoms. The highest BCUT2D eigenvalue weighted by atomic mass is 19.1. The number of anilines is 1. The normalized spacial score (nSPS) is 12.4. The lowest BCUT2D eigenvalue weighted by Crippen LogP contribution is -2.22. The molecule has 4 nitrogen and oxygen atoms in total. The molecule has 108 valence electrons. The van der Waals surface area contributed by atoms with Gasteiger partial charge in [0.25, 0.3) is 0 Å². The summed E-state index contributed by atoms with van der Waals surface area (Å²) in [7, 11) is 1.66. The summed E-state index contributed by atoms with van der Waals surface area (Å²) in [5.41, 5.74) is 2.51. The molecule has 1 heterocycles. The number of imidazole rings is 1. The van der Waals surface area contributed by atoms with Crippen molar-refractivity contribution < 1.29 is 9.13 Å². The Kier molecular flexibility index (Phi) is 4.39. The predicted molar refractivity (Wildman–Crippen MR) is 78.0 cm³/mol. The molecule has 0 aliphatic carbocycles. The van der Waals surface area contributed by atoms with Crippen molar-refractivity contribution in [1.82, 2.24) is 9.55 Å². The zero-order valence-corrected chi connectivity index (χ0v) is 12.3. The molecule has 0 radical (unpaired) electrons. The van der Waals surface area contributed by atoms with Gasteiger partial charge in [-0.15, -0.1) is 0 Å². The lowest BCUT2D eigenvalue weighted by Gasteiger charge is -2.15. The first kappa shape index (κ1) is 14.5. The van der Waals surface area contributed by atoms with Gasteiger partial charge in [0.2, 0.25) is 5.95 Å². The van der Waals surface area contributed by atoms with E-state index in [0.717, 1.165) is 16.9 Å². The molecule has 0 saturated carbocycles. The van der Waals surface area contributed by atoms with Crippen LogP contribution in [-0.2, 0) is 4.74 Å². The van der Waals surface area contributed by atoms with Crippen molar-refractivity contribution >= 4 is 5.95 Å². The summed E-state index contributed by atoms with van der Waals surface area (Å²) in [4.78, 5) is 4.44. The van der Waals surface area contributed by atoms with Crippen LogP contribution in [0.4, 0.5) is 10.3 Å². The molecule has 1 unspecified atom stereocenters. The molecule has 1 atom stereocenters. The van der Waals surface area contributed by atoms with E-state index in [-0.39, 0.29) is 11.9 Å². The molecule has 2 aromatic rings. The van der Waals surface area contributed by atoms with E-state index >= 15 is 0 Å². The number of methoxy groups -OCH3 is 1. The molecule has 0 spiro atoms. The van der Waals surface area contributed by atoms with Crippen molar-refractivity contribution in [2.75, 3.05) is 19.0 Å². The van der Waals surface area contributed by atoms with Crippen LogP contribution in [0.1, 0.15) is 18.2 Å². The summed E-state index contributed by atoms with van der Waals surface area (Å²) < 4.78 is 20.5. The van der Waals surface area contributed by atoms with Crippen LogP contribution < -0.4 is 5.32 Å². The maximum Gasteiger partial charge on any atom is 0.208 e. The second-order valence-electron chi connectivity index (χ2n) is 5.06. The lowest BCUT2D eigenvalue weighted by atomic mass is 10.2. The monoisotopic (exact) mass is 277 g/mol. The first-order valence-electron chi connectivity index (χ1n) is 6.58. The molecule has 0 aliphatic rings. The Morgan fingerprint density at radius 1 is 1.35 bits per heavy atom. The minimum atomic E-state index is -0.248. The highest BCUT2D eigenvalue weighted by molar-refractivity contribution is 5.45. The van der Waals surface area contributed by atoms with Gasteiger partial charge < -0.3 is 10.1 Å². The third kappa shape index (κ3) is 3.36. The Morgan fingerprint density at radius 2 is 2.10 bits per heavy atom. The van der Waals surface area contributed by atoms with Crippen LogP contribution in [0.15, 0.2) is 24.4 Å². The van der Waals surface area contributed by atoms with E-state index in [2.05, 4.69) is 10.3 Å². The molecule has 1 N–H and O–H groups in total. The predicted octanol–water partition coefficient (Wildman–Crippen LogP) is 3.08. The van der Waals surface area contributed by atoms with E-state index < -0.39 is 0 Å². The van der Waals surface area contributed by atoms with Crippen LogP contribution in [0.3, 0.4) is 0 Å². The van der Waals surface area contributed by atoms with Crippen LogP contribution in [0.25, 0.3) is 5.69 Å². The van der Waals surface area contributed by atoms with E-state index in [1.807, 2.05) is 37.6 Å². The lowest BCUT2D eigenvalue weighted by molar-refractivity contribution is 0.190. The Morgan fingerprint density at radius 3 is 2.75 bits per heavy atom. The van der Waals surface area contributed by atoms with Crippen LogP contribution in [-0.4, -0.2) is 29.3 Å². The smallest absolute Gasteiger partial charge is 0.208 e. The van der Waals surface area contributed by atoms with Crippen LogP contribution >= 0.6 is 0 Å². The number of ether oxygens (including phenoxy) is 1. The van der Waals surface area contributed by atoms with Crippen molar-refractivity contribution in [3.8, 4) is 5.69 Å². The van der Waals surface area contributed by atoms with Crippen molar-refractivity contribution in [2.45, 2.75) is 26.8 Å². The first-order valence-corrected chi connectivity index (χ1v) is 6.58. The zero-order valence-electron chi connectivity index (χ0n) is 12.3. The standard InChI is InChI=1S/C15H20FN3O/c1-10-5-13(16)7-14(6-10)19-8-11(2)17-15(19)18-12(3)9-20-4/h5-8,12H,9H2,1-4H3,(H,17,18). The number of halogens is 1. The summed E-state index contributed by atoms with van der Waals surface area (Å²) in [6.07, 6.45) is 1.88. The number of hydrogen-bond acceptors (Lipinski definition) is 3. The Balaban J connectivity index is 2.36. The molecule has 0 amide bonds. The Hall–Kier alpha value is -1.88. The SMILES string of the molecule is COCC(C)Nc1nc(C)cn1-c1cc(C)cc(F)c1. The highest BCUT2D eigenvalue weighted by Gasteiger charge is 2.11. The van der Waals surface area contributed by atoms with Crippen LogP contribution in [0.2, 0.25) is 0 Å². The minimum absolute atomic E-state index is 0.121. The van der Waals surface area contributed by atoms with Crippen molar-refractivity contribution in [2.24, 2.45) is 0 Å². The number of hydrogen-bond donors (Lipinski definition) is 1. The molecular weight excluding hydrogens is 257 g/mol. The fourth-order valence-electron chi connectivity index (χ4n) is 2.16. The first-order chi connectivity index (χ1) is 9.49. The number of aryl methyl sites for hydroxylation is 2. The maximum absolute atomic E-state index is 13.6. The van der Waals surface area contributed by atoms with Gasteiger partial charge in [-0.1, -0.05) is 0 Å². The fraction of sp³-hybridized carbons (Fsp3) is 0.400. The molecule has 0 aliphatic heterocycles. The largest absolute Gasteiger partial charge is 0.383 e. The van der Waals surface area contributed by atoms with Gasteiger partial charge in [0.05, 0.1) is 18.0 Å². The molecular formula is C15H20FN3O. The average Bonchev–Trinajstić information content (AvgIpc) is 2.69. The molecule has 2 rings (SSSR count). The van der Waals surface area contributed by atoms with Crippen molar-refractivity contribution in [3.05, 3.63) is 41.5 Å². The van der Waals surface area contributed by atoms with Crippen molar-refractivity contribution in [1.29, 1.82) is 0 Å². The van der Waals surface area contributed by atoms with Crippen LogP contribution in [0, 0.1) is 19.7 Å². The fourth-order valence-corrected chi connectivity index (χ4v) is 2.16. The quantitative estimate of drug-likeness (QED) is 0.913. The molecule has 20 heavy (non-hydrogen) atoms. The summed E-state index contributed by atoms with van der Waals surface area (Å²) >= 11 is 0. The minimum Gasteiger partial charge on any atom is -0.383 e. The van der Waals surface area contributed by atoms with E-state index in [9.17, 15) is 4.39 Å². The summed E-state index contributed by atoms with van der Waals surface area (Å²) in [6.45, 7) is 6.37. The Bertz CT molecular complexity index is 575. The third-order valence-electron chi connectivity index (χ3n) is 2.92. The maximum atomic E-state index is 13.6. The summed E-state index contributed by atoms with van der Waals surface area (Å²) in [5, 5.41) is 3.27. The summed E-state index contributed by atoms with van der Waals surface area (Å²) in [6, 6.07) is 5.06. The van der Waals surface area contributed by atoms with E-state index in [1.54, 1.807) is 7.11 Å². The topological polar surface area (TPSA) is 39.1 Å². The summed E-state index contributed by atoms with van der Waals surface area (Å²) in [5.74, 6) is 0.444. The van der Waals surface area contributed by atoms with Gasteiger partial charge in [-0.05, 0) is 44.5 Å². The second kappa shape index (κ2) is 6.05. The number of aromatic nitrogens is 2. The van der Waals surface area contributed by atoms with E-state index in [4.69, 9.17) is 4.74 Å². The number of benzene rings is 1. The van der Waals surface area contributed by atoms with Gasteiger partial charge in [0, 0.05) is 19.3 Å². The van der Waals surface area contributed by atoms with Crippen molar-refractivity contribution in [3.63, 3.8) is 0 Å². The molecule has 0 saturated heterocycles. The third-order valence-corrected chi connectivity index (χ3v) is 2.92. The molecule has 0 fully saturated rings. The zero-order chi connectivity index (χ0) is 14.7. The van der Waals surface area contributed by atoms with E-state index in [0.29, 0.717) is 12.6 Å². The van der Waals surface area contributed by atoms with Gasteiger partial charge in [-0.25, -0.2) is 9.37 Å². The number of rotatable bonds is 5. The van der Waals surface area contributed by atoms with Gasteiger partial charge in [0.15, 0.2) is 0 Å². The van der Waals surface area contributed by atoms with Gasteiger partial charge in [-0.3, -0.25) is 4.57 Å². The van der Waals surface area contributed by atoms with Crippen LogP contribution in [0.5, 0.6) is 0 Å². The molecule has 0 bridgehead atoms. The molecule has 1 aromatic carbocycles. The number of nitrogens with one attached hydrogen (secondary N) is 1. The highest BCUT2D eigenvalue weighted by Crippen LogP contribution is 2.19. The van der Waals surface area contributed by atoms with E-state index in [1.165, 1.54) is 12.1 Å². The average molecular weight is 277 g/mol. The number of nitrogens with zero attached hydrogens (tertiary/aromatic N) is 2. The van der Waals surface area contributed by atoms with Gasteiger partial charge in [-0.2, -0.15) is 0 Å². The second-order valence-corrected chi connectivity index (χ2v) is 5.06. The van der Waals surface area contributed by atoms with Gasteiger partial charge in [0.1, 0.15) is 5.82 Å². The van der Waals surface area contributed by atoms with Gasteiger partial charge >= 0.3 is 0 Å². The Labute approximate surface area is 118 Å². The molecule has 1 aromatic heterocycles.